The average Bonchev–Trinajstić information content (AvgIpc) is 2.31. The number of benzene rings is 1. The predicted octanol–water partition coefficient (Wildman–Crippen LogP) is 2.89. The van der Waals surface area contributed by atoms with Crippen molar-refractivity contribution in [2.45, 2.75) is 39.2 Å². The summed E-state index contributed by atoms with van der Waals surface area (Å²) in [5.41, 5.74) is -2.78. The Morgan fingerprint density at radius 1 is 1.27 bits per heavy atom. The number of nitrogens with zero attached hydrogens (tertiary/aromatic N) is 1. The predicted molar refractivity (Wildman–Crippen MR) is 72.3 cm³/mol. The smallest absolute Gasteiger partial charge is 0.321 e. The summed E-state index contributed by atoms with van der Waals surface area (Å²) in [5, 5.41) is 11.0. The Kier molecular flexibility index (Phi) is 4.95. The van der Waals surface area contributed by atoms with Crippen molar-refractivity contribution < 1.29 is 28.0 Å². The van der Waals surface area contributed by atoms with Crippen LogP contribution < -0.4 is 0 Å². The number of nitro benzene ring substituents is 1. The lowest BCUT2D eigenvalue weighted by atomic mass is 9.93. The minimum Gasteiger partial charge on any atom is -0.459 e. The molecule has 1 atom stereocenters. The normalized spacial score (nSPS) is 12.6. The largest absolute Gasteiger partial charge is 0.459 e. The van der Waals surface area contributed by atoms with Gasteiger partial charge in [-0.3, -0.25) is 19.7 Å². The van der Waals surface area contributed by atoms with Crippen LogP contribution in [0.5, 0.6) is 0 Å². The second kappa shape index (κ2) is 6.17. The Morgan fingerprint density at radius 2 is 1.82 bits per heavy atom. The number of hydrogen-bond acceptors (Lipinski definition) is 5. The lowest BCUT2D eigenvalue weighted by Gasteiger charge is -2.23. The highest BCUT2D eigenvalue weighted by atomic mass is 19.2. The topological polar surface area (TPSA) is 86.5 Å². The van der Waals surface area contributed by atoms with Crippen molar-refractivity contribution in [3.8, 4) is 0 Å². The lowest BCUT2D eigenvalue weighted by Crippen LogP contribution is -2.31. The third-order valence-electron chi connectivity index (χ3n) is 2.64. The number of rotatable bonds is 4. The van der Waals surface area contributed by atoms with Crippen LogP contribution in [-0.4, -0.2) is 22.3 Å². The van der Waals surface area contributed by atoms with Gasteiger partial charge < -0.3 is 4.74 Å². The number of Topliss-reactive ketones (excluding diaryl/α,β-unsaturated/α-hetero) is 1. The Hall–Kier alpha value is -2.38. The van der Waals surface area contributed by atoms with E-state index in [1.807, 2.05) is 0 Å². The van der Waals surface area contributed by atoms with E-state index in [0.717, 1.165) is 6.92 Å². The highest BCUT2D eigenvalue weighted by Gasteiger charge is 2.38. The zero-order valence-corrected chi connectivity index (χ0v) is 12.5. The van der Waals surface area contributed by atoms with Gasteiger partial charge in [-0.1, -0.05) is 0 Å². The first-order valence-electron chi connectivity index (χ1n) is 6.31. The van der Waals surface area contributed by atoms with Gasteiger partial charge in [-0.05, 0) is 33.8 Å². The molecule has 120 valence electrons. The van der Waals surface area contributed by atoms with Gasteiger partial charge in [-0.2, -0.15) is 0 Å². The maximum absolute atomic E-state index is 14.0. The van der Waals surface area contributed by atoms with Crippen LogP contribution in [0, 0.1) is 21.7 Å². The first-order chi connectivity index (χ1) is 9.95. The molecule has 1 rings (SSSR count). The zero-order valence-electron chi connectivity index (χ0n) is 12.5. The molecule has 0 aromatic heterocycles. The van der Waals surface area contributed by atoms with Gasteiger partial charge >= 0.3 is 5.97 Å². The highest BCUT2D eigenvalue weighted by molar-refractivity contribution is 6.04. The van der Waals surface area contributed by atoms with Crippen molar-refractivity contribution in [3.63, 3.8) is 0 Å². The second-order valence-corrected chi connectivity index (χ2v) is 5.63. The van der Waals surface area contributed by atoms with Gasteiger partial charge in [0.2, 0.25) is 0 Å². The number of hydrogen-bond donors (Lipinski definition) is 0. The Labute approximate surface area is 125 Å². The number of carbonyl (C=O) groups excluding carboxylic acids is 2. The lowest BCUT2D eigenvalue weighted by molar-refractivity contribution is -0.385. The second-order valence-electron chi connectivity index (χ2n) is 5.63. The van der Waals surface area contributed by atoms with E-state index in [4.69, 9.17) is 4.74 Å². The van der Waals surface area contributed by atoms with Crippen molar-refractivity contribution in [1.82, 2.24) is 0 Å². The van der Waals surface area contributed by atoms with E-state index in [1.54, 1.807) is 0 Å². The van der Waals surface area contributed by atoms with Crippen LogP contribution in [0.15, 0.2) is 12.1 Å². The summed E-state index contributed by atoms with van der Waals surface area (Å²) >= 11 is 0. The molecular formula is C14H15F2NO5. The van der Waals surface area contributed by atoms with Crippen LogP contribution in [0.1, 0.15) is 39.2 Å². The number of ketones is 1. The molecule has 0 fully saturated rings. The van der Waals surface area contributed by atoms with Crippen LogP contribution >= 0.6 is 0 Å². The molecule has 0 aliphatic rings. The molecule has 1 aromatic rings. The first kappa shape index (κ1) is 17.7. The molecule has 0 radical (unpaired) electrons. The molecule has 22 heavy (non-hydrogen) atoms. The van der Waals surface area contributed by atoms with Gasteiger partial charge in [0.25, 0.3) is 5.69 Å². The van der Waals surface area contributed by atoms with Crippen LogP contribution in [0.25, 0.3) is 0 Å². The molecule has 6 nitrogen and oxygen atoms in total. The summed E-state index contributed by atoms with van der Waals surface area (Å²) in [6, 6.07) is 1.26. The fourth-order valence-electron chi connectivity index (χ4n) is 1.84. The molecular weight excluding hydrogens is 300 g/mol. The van der Waals surface area contributed by atoms with Crippen LogP contribution in [0.2, 0.25) is 0 Å². The van der Waals surface area contributed by atoms with Crippen molar-refractivity contribution in [3.05, 3.63) is 39.4 Å². The van der Waals surface area contributed by atoms with Gasteiger partial charge in [0.05, 0.1) is 10.5 Å². The van der Waals surface area contributed by atoms with Gasteiger partial charge in [0.1, 0.15) is 17.3 Å². The van der Waals surface area contributed by atoms with Crippen LogP contribution in [0.3, 0.4) is 0 Å². The number of ether oxygens (including phenoxy) is 1. The maximum Gasteiger partial charge on any atom is 0.321 e. The van der Waals surface area contributed by atoms with Gasteiger partial charge in [0, 0.05) is 6.07 Å². The fraction of sp³-hybridized carbons (Fsp3) is 0.429. The van der Waals surface area contributed by atoms with E-state index in [0.29, 0.717) is 12.1 Å². The minimum atomic E-state index is -1.91. The Balaban J connectivity index is 3.51. The molecule has 0 spiro atoms. The third-order valence-corrected chi connectivity index (χ3v) is 2.64. The Morgan fingerprint density at radius 3 is 2.23 bits per heavy atom. The molecule has 0 aliphatic heterocycles. The molecule has 1 aromatic carbocycles. The van der Waals surface area contributed by atoms with E-state index >= 15 is 0 Å². The molecule has 0 saturated heterocycles. The summed E-state index contributed by atoms with van der Waals surface area (Å²) in [7, 11) is 0. The molecule has 0 heterocycles. The summed E-state index contributed by atoms with van der Waals surface area (Å²) in [6.45, 7) is 5.48. The van der Waals surface area contributed by atoms with E-state index in [1.165, 1.54) is 20.8 Å². The van der Waals surface area contributed by atoms with Crippen LogP contribution in [0.4, 0.5) is 14.5 Å². The van der Waals surface area contributed by atoms with Gasteiger partial charge in [0.15, 0.2) is 11.6 Å². The highest BCUT2D eigenvalue weighted by Crippen LogP contribution is 2.33. The summed E-state index contributed by atoms with van der Waals surface area (Å²) in [5.74, 6) is -6.97. The Bertz CT molecular complexity index is 637. The summed E-state index contributed by atoms with van der Waals surface area (Å²) in [6.07, 6.45) is 0. The number of halogens is 2. The van der Waals surface area contributed by atoms with Gasteiger partial charge in [-0.25, -0.2) is 8.78 Å². The molecule has 8 heteroatoms. The molecule has 0 saturated carbocycles. The third kappa shape index (κ3) is 3.84. The number of nitro groups is 1. The van der Waals surface area contributed by atoms with Crippen molar-refractivity contribution in [2.24, 2.45) is 0 Å². The number of carbonyl (C=O) groups is 2. The van der Waals surface area contributed by atoms with Crippen molar-refractivity contribution in [2.75, 3.05) is 0 Å². The first-order valence-corrected chi connectivity index (χ1v) is 6.31. The zero-order chi connectivity index (χ0) is 17.2. The molecule has 0 N–H and O–H groups in total. The standard InChI is InChI=1S/C14H15F2NO5/c1-7(18)10(13(19)22-14(2,3)4)11-9(17(20)21)6-5-8(15)12(11)16/h5-6,10H,1-4H3. The fourth-order valence-corrected chi connectivity index (χ4v) is 1.84. The van der Waals surface area contributed by atoms with E-state index < -0.39 is 51.1 Å². The van der Waals surface area contributed by atoms with E-state index in [-0.39, 0.29) is 0 Å². The van der Waals surface area contributed by atoms with Crippen molar-refractivity contribution >= 4 is 17.4 Å². The molecule has 0 bridgehead atoms. The summed E-state index contributed by atoms with van der Waals surface area (Å²) < 4.78 is 32.3. The molecule has 0 amide bonds. The monoisotopic (exact) mass is 315 g/mol. The summed E-state index contributed by atoms with van der Waals surface area (Å²) in [4.78, 5) is 33.8. The minimum absolute atomic E-state index is 0.559. The maximum atomic E-state index is 14.0. The van der Waals surface area contributed by atoms with E-state index in [9.17, 15) is 28.5 Å². The number of esters is 1. The molecule has 0 aliphatic carbocycles. The average molecular weight is 315 g/mol. The van der Waals surface area contributed by atoms with Gasteiger partial charge in [-0.15, -0.1) is 0 Å². The van der Waals surface area contributed by atoms with E-state index in [2.05, 4.69) is 0 Å². The van der Waals surface area contributed by atoms with Crippen LogP contribution in [-0.2, 0) is 14.3 Å². The molecule has 1 unspecified atom stereocenters. The quantitative estimate of drug-likeness (QED) is 0.369. The van der Waals surface area contributed by atoms with Crippen molar-refractivity contribution in [1.29, 1.82) is 0 Å². The SMILES string of the molecule is CC(=O)C(C(=O)OC(C)(C)C)c1c([N+](=O)[O-])ccc(F)c1F.